The summed E-state index contributed by atoms with van der Waals surface area (Å²) in [7, 11) is 0. The summed E-state index contributed by atoms with van der Waals surface area (Å²) in [6.45, 7) is 2.46. The van der Waals surface area contributed by atoms with Gasteiger partial charge in [-0.15, -0.1) is 0 Å². The van der Waals surface area contributed by atoms with Crippen LogP contribution in [-0.4, -0.2) is 26.1 Å². The van der Waals surface area contributed by atoms with Gasteiger partial charge in [0.25, 0.3) is 0 Å². The molecule has 1 saturated heterocycles. The van der Waals surface area contributed by atoms with E-state index in [1.165, 1.54) is 25.7 Å². The summed E-state index contributed by atoms with van der Waals surface area (Å²) in [5, 5.41) is 0. The third-order valence-electron chi connectivity index (χ3n) is 3.56. The summed E-state index contributed by atoms with van der Waals surface area (Å²) in [5.41, 5.74) is 0. The molecule has 21 heavy (non-hydrogen) atoms. The predicted octanol–water partition coefficient (Wildman–Crippen LogP) is 4.93. The van der Waals surface area contributed by atoms with E-state index in [0.29, 0.717) is 0 Å². The highest BCUT2D eigenvalue weighted by atomic mass is 79.9. The Morgan fingerprint density at radius 1 is 1.00 bits per heavy atom. The van der Waals surface area contributed by atoms with Crippen molar-refractivity contribution in [3.63, 3.8) is 0 Å². The molecule has 118 valence electrons. The van der Waals surface area contributed by atoms with Crippen molar-refractivity contribution in [2.75, 3.05) is 19.8 Å². The van der Waals surface area contributed by atoms with Gasteiger partial charge in [0.2, 0.25) is 0 Å². The van der Waals surface area contributed by atoms with Crippen LogP contribution in [0.15, 0.2) is 28.7 Å². The molecule has 0 aliphatic carbocycles. The fourth-order valence-corrected chi connectivity index (χ4v) is 2.60. The van der Waals surface area contributed by atoms with Crippen molar-refractivity contribution < 1.29 is 14.2 Å². The van der Waals surface area contributed by atoms with Gasteiger partial charge in [0.15, 0.2) is 6.29 Å². The van der Waals surface area contributed by atoms with E-state index in [2.05, 4.69) is 15.9 Å². The third-order valence-corrected chi connectivity index (χ3v) is 4.09. The molecule has 1 aliphatic heterocycles. The molecule has 3 nitrogen and oxygen atoms in total. The van der Waals surface area contributed by atoms with Crippen LogP contribution in [0.3, 0.4) is 0 Å². The van der Waals surface area contributed by atoms with E-state index < -0.39 is 0 Å². The Hall–Kier alpha value is -0.580. The predicted molar refractivity (Wildman–Crippen MR) is 87.6 cm³/mol. The Balaban J connectivity index is 1.40. The Labute approximate surface area is 136 Å². The van der Waals surface area contributed by atoms with E-state index in [9.17, 15) is 0 Å². The summed E-state index contributed by atoms with van der Waals surface area (Å²) < 4.78 is 18.0. The van der Waals surface area contributed by atoms with Gasteiger partial charge in [-0.2, -0.15) is 0 Å². The summed E-state index contributed by atoms with van der Waals surface area (Å²) in [4.78, 5) is 0. The SMILES string of the molecule is Brc1ccc(OCCCCCCOC2CCCCO2)cc1. The van der Waals surface area contributed by atoms with Crippen molar-refractivity contribution in [1.82, 2.24) is 0 Å². The number of benzene rings is 1. The second kappa shape index (κ2) is 10.2. The monoisotopic (exact) mass is 356 g/mol. The van der Waals surface area contributed by atoms with Crippen molar-refractivity contribution in [2.24, 2.45) is 0 Å². The molecule has 1 atom stereocenters. The smallest absolute Gasteiger partial charge is 0.157 e. The molecule has 0 aromatic heterocycles. The van der Waals surface area contributed by atoms with Crippen LogP contribution in [0.2, 0.25) is 0 Å². The zero-order chi connectivity index (χ0) is 14.8. The van der Waals surface area contributed by atoms with Crippen molar-refractivity contribution >= 4 is 15.9 Å². The van der Waals surface area contributed by atoms with Crippen LogP contribution in [0.1, 0.15) is 44.9 Å². The van der Waals surface area contributed by atoms with Crippen LogP contribution in [0.5, 0.6) is 5.75 Å². The Morgan fingerprint density at radius 2 is 1.76 bits per heavy atom. The minimum absolute atomic E-state index is 0.0551. The maximum absolute atomic E-state index is 5.71. The molecule has 4 heteroatoms. The molecule has 0 N–H and O–H groups in total. The molecule has 1 aromatic carbocycles. The Morgan fingerprint density at radius 3 is 2.48 bits per heavy atom. The zero-order valence-electron chi connectivity index (χ0n) is 12.6. The molecule has 0 amide bonds. The van der Waals surface area contributed by atoms with Crippen LogP contribution in [0.25, 0.3) is 0 Å². The van der Waals surface area contributed by atoms with Gasteiger partial charge in [0.05, 0.1) is 6.61 Å². The minimum Gasteiger partial charge on any atom is -0.494 e. The molecular formula is C17H25BrO3. The molecule has 1 aromatic rings. The van der Waals surface area contributed by atoms with Crippen LogP contribution in [-0.2, 0) is 9.47 Å². The van der Waals surface area contributed by atoms with Crippen molar-refractivity contribution in [3.05, 3.63) is 28.7 Å². The second-order valence-corrected chi connectivity index (χ2v) is 6.30. The lowest BCUT2D eigenvalue weighted by Crippen LogP contribution is -2.22. The average Bonchev–Trinajstić information content (AvgIpc) is 2.53. The molecule has 2 rings (SSSR count). The molecule has 0 spiro atoms. The molecule has 0 bridgehead atoms. The summed E-state index contributed by atoms with van der Waals surface area (Å²) in [6.07, 6.45) is 8.10. The molecular weight excluding hydrogens is 332 g/mol. The molecule has 1 aliphatic rings. The normalized spacial score (nSPS) is 18.6. The number of ether oxygens (including phenoxy) is 3. The van der Waals surface area contributed by atoms with Gasteiger partial charge >= 0.3 is 0 Å². The van der Waals surface area contributed by atoms with Gasteiger partial charge in [-0.1, -0.05) is 22.4 Å². The number of hydrogen-bond donors (Lipinski definition) is 0. The first-order valence-corrected chi connectivity index (χ1v) is 8.75. The van der Waals surface area contributed by atoms with E-state index in [0.717, 1.165) is 49.3 Å². The lowest BCUT2D eigenvalue weighted by molar-refractivity contribution is -0.162. The third kappa shape index (κ3) is 7.30. The van der Waals surface area contributed by atoms with Gasteiger partial charge in [-0.25, -0.2) is 0 Å². The van der Waals surface area contributed by atoms with Crippen molar-refractivity contribution in [3.8, 4) is 5.75 Å². The fourth-order valence-electron chi connectivity index (χ4n) is 2.34. The van der Waals surface area contributed by atoms with Gasteiger partial charge in [-0.3, -0.25) is 0 Å². The topological polar surface area (TPSA) is 27.7 Å². The van der Waals surface area contributed by atoms with E-state index >= 15 is 0 Å². The van der Waals surface area contributed by atoms with Crippen molar-refractivity contribution in [2.45, 2.75) is 51.2 Å². The summed E-state index contributed by atoms with van der Waals surface area (Å²) in [5.74, 6) is 0.941. The first kappa shape index (κ1) is 16.8. The highest BCUT2D eigenvalue weighted by Crippen LogP contribution is 2.17. The number of halogens is 1. The maximum Gasteiger partial charge on any atom is 0.157 e. The van der Waals surface area contributed by atoms with Gasteiger partial charge in [-0.05, 0) is 62.8 Å². The number of rotatable bonds is 9. The number of hydrogen-bond acceptors (Lipinski definition) is 3. The lowest BCUT2D eigenvalue weighted by atomic mass is 10.2. The minimum atomic E-state index is 0.0551. The first-order valence-electron chi connectivity index (χ1n) is 7.96. The highest BCUT2D eigenvalue weighted by Gasteiger charge is 2.13. The lowest BCUT2D eigenvalue weighted by Gasteiger charge is -2.22. The largest absolute Gasteiger partial charge is 0.494 e. The molecule has 1 heterocycles. The molecule has 0 radical (unpaired) electrons. The summed E-state index contributed by atoms with van der Waals surface area (Å²) in [6, 6.07) is 7.98. The van der Waals surface area contributed by atoms with Crippen LogP contribution in [0.4, 0.5) is 0 Å². The van der Waals surface area contributed by atoms with Crippen LogP contribution < -0.4 is 4.74 Å². The van der Waals surface area contributed by atoms with E-state index in [-0.39, 0.29) is 6.29 Å². The Bertz CT molecular complexity index is 374. The van der Waals surface area contributed by atoms with E-state index in [4.69, 9.17) is 14.2 Å². The fraction of sp³-hybridized carbons (Fsp3) is 0.647. The molecule has 0 saturated carbocycles. The van der Waals surface area contributed by atoms with Crippen molar-refractivity contribution in [1.29, 1.82) is 0 Å². The second-order valence-electron chi connectivity index (χ2n) is 5.38. The van der Waals surface area contributed by atoms with Crippen LogP contribution >= 0.6 is 15.9 Å². The van der Waals surface area contributed by atoms with Gasteiger partial charge < -0.3 is 14.2 Å². The Kier molecular flexibility index (Phi) is 8.15. The maximum atomic E-state index is 5.71. The highest BCUT2D eigenvalue weighted by molar-refractivity contribution is 9.10. The summed E-state index contributed by atoms with van der Waals surface area (Å²) >= 11 is 3.41. The van der Waals surface area contributed by atoms with Gasteiger partial charge in [0, 0.05) is 17.7 Å². The van der Waals surface area contributed by atoms with Gasteiger partial charge in [0.1, 0.15) is 5.75 Å². The average molecular weight is 357 g/mol. The molecule has 1 fully saturated rings. The molecule has 1 unspecified atom stereocenters. The standard InChI is InChI=1S/C17H25BrO3/c18-15-8-10-16(11-9-15)19-12-4-1-2-5-13-20-17-7-3-6-14-21-17/h8-11,17H,1-7,12-14H2. The van der Waals surface area contributed by atoms with Crippen LogP contribution in [0, 0.1) is 0 Å². The first-order chi connectivity index (χ1) is 10.3. The number of unbranched alkanes of at least 4 members (excludes halogenated alkanes) is 3. The van der Waals surface area contributed by atoms with E-state index in [1.54, 1.807) is 0 Å². The quantitative estimate of drug-likeness (QED) is 0.587. The zero-order valence-corrected chi connectivity index (χ0v) is 14.1. The van der Waals surface area contributed by atoms with E-state index in [1.807, 2.05) is 24.3 Å².